The number of H-pyrrole nitrogens is 1. The number of amides is 2. The monoisotopic (exact) mass is 526 g/mol. The normalized spacial score (nSPS) is 11.9. The molecule has 3 aromatic carbocycles. The molecule has 0 aliphatic heterocycles. The highest BCUT2D eigenvalue weighted by atomic mass is 16.5. The summed E-state index contributed by atoms with van der Waals surface area (Å²) in [6.07, 6.45) is 0.0781. The third-order valence-corrected chi connectivity index (χ3v) is 6.39. The van der Waals surface area contributed by atoms with Crippen LogP contribution in [0.4, 0.5) is 0 Å². The summed E-state index contributed by atoms with van der Waals surface area (Å²) in [5, 5.41) is 6.82. The Morgan fingerprint density at radius 1 is 0.846 bits per heavy atom. The Morgan fingerprint density at radius 3 is 2.08 bits per heavy atom. The molecule has 4 aromatic rings. The third-order valence-electron chi connectivity index (χ3n) is 6.39. The molecule has 0 saturated carbocycles. The number of aromatic nitrogens is 1. The van der Waals surface area contributed by atoms with Gasteiger partial charge in [0.1, 0.15) is 18.3 Å². The largest absolute Gasteiger partial charge is 0.464 e. The van der Waals surface area contributed by atoms with E-state index < -0.39 is 29.9 Å². The van der Waals surface area contributed by atoms with Crippen LogP contribution in [0.5, 0.6) is 0 Å². The average molecular weight is 527 g/mol. The Hall–Kier alpha value is -4.43. The summed E-state index contributed by atoms with van der Waals surface area (Å²) in [5.41, 5.74) is 2.97. The molecule has 0 aliphatic rings. The number of hydrogen-bond acceptors (Lipinski definition) is 5. The number of ether oxygens (including phenoxy) is 1. The SMILES string of the molecule is CN(C)CCOC(=O)CC[C@H](NC(=O)c1cc2ccccc2[nH]1)C(=O)NC(c1ccccc1)c1ccccc1. The lowest BCUT2D eigenvalue weighted by molar-refractivity contribution is -0.144. The van der Waals surface area contributed by atoms with Gasteiger partial charge in [0.15, 0.2) is 0 Å². The van der Waals surface area contributed by atoms with Crippen molar-refractivity contribution in [2.24, 2.45) is 0 Å². The predicted octanol–water partition coefficient (Wildman–Crippen LogP) is 4.06. The van der Waals surface area contributed by atoms with Crippen molar-refractivity contribution >= 4 is 28.7 Å². The fraction of sp³-hybridized carbons (Fsp3) is 0.258. The van der Waals surface area contributed by atoms with Crippen molar-refractivity contribution in [1.82, 2.24) is 20.5 Å². The Kier molecular flexibility index (Phi) is 9.48. The maximum atomic E-state index is 13.7. The number of rotatable bonds is 12. The van der Waals surface area contributed by atoms with Crippen LogP contribution >= 0.6 is 0 Å². The van der Waals surface area contributed by atoms with Crippen LogP contribution in [0.1, 0.15) is 40.5 Å². The smallest absolute Gasteiger partial charge is 0.305 e. The number of carbonyl (C=O) groups excluding carboxylic acids is 3. The number of fused-ring (bicyclic) bond motifs is 1. The molecule has 8 heteroatoms. The average Bonchev–Trinajstić information content (AvgIpc) is 3.39. The maximum absolute atomic E-state index is 13.7. The van der Waals surface area contributed by atoms with Gasteiger partial charge in [0.05, 0.1) is 6.04 Å². The van der Waals surface area contributed by atoms with Crippen molar-refractivity contribution in [3.8, 4) is 0 Å². The zero-order valence-electron chi connectivity index (χ0n) is 22.2. The first kappa shape index (κ1) is 27.6. The molecule has 0 bridgehead atoms. The van der Waals surface area contributed by atoms with Crippen LogP contribution in [0.25, 0.3) is 10.9 Å². The number of esters is 1. The number of benzene rings is 3. The summed E-state index contributed by atoms with van der Waals surface area (Å²) in [6, 6.07) is 27.2. The van der Waals surface area contributed by atoms with E-state index in [-0.39, 0.29) is 19.4 Å². The molecule has 8 nitrogen and oxygen atoms in total. The second kappa shape index (κ2) is 13.4. The van der Waals surface area contributed by atoms with Gasteiger partial charge in [-0.25, -0.2) is 0 Å². The highest BCUT2D eigenvalue weighted by molar-refractivity contribution is 6.00. The fourth-order valence-electron chi connectivity index (χ4n) is 4.27. The van der Waals surface area contributed by atoms with Crippen molar-refractivity contribution < 1.29 is 19.1 Å². The van der Waals surface area contributed by atoms with Crippen molar-refractivity contribution in [3.63, 3.8) is 0 Å². The minimum absolute atomic E-state index is 0.0140. The zero-order valence-corrected chi connectivity index (χ0v) is 22.2. The minimum atomic E-state index is -0.958. The molecule has 1 aromatic heterocycles. The summed E-state index contributed by atoms with van der Waals surface area (Å²) < 4.78 is 5.30. The van der Waals surface area contributed by atoms with E-state index in [0.29, 0.717) is 12.2 Å². The lowest BCUT2D eigenvalue weighted by Crippen LogP contribution is -2.48. The van der Waals surface area contributed by atoms with Crippen molar-refractivity contribution in [1.29, 1.82) is 0 Å². The number of para-hydroxylation sites is 1. The molecule has 0 unspecified atom stereocenters. The van der Waals surface area contributed by atoms with E-state index in [4.69, 9.17) is 4.74 Å². The van der Waals surface area contributed by atoms with E-state index >= 15 is 0 Å². The first-order valence-corrected chi connectivity index (χ1v) is 13.0. The number of carbonyl (C=O) groups is 3. The van der Waals surface area contributed by atoms with Crippen molar-refractivity contribution in [2.75, 3.05) is 27.2 Å². The van der Waals surface area contributed by atoms with E-state index in [9.17, 15) is 14.4 Å². The maximum Gasteiger partial charge on any atom is 0.305 e. The summed E-state index contributed by atoms with van der Waals surface area (Å²) in [7, 11) is 3.79. The molecule has 1 atom stereocenters. The molecule has 0 saturated heterocycles. The number of hydrogen-bond donors (Lipinski definition) is 3. The molecule has 0 aliphatic carbocycles. The van der Waals surface area contributed by atoms with Gasteiger partial charge in [-0.05, 0) is 43.8 Å². The number of nitrogens with one attached hydrogen (secondary N) is 3. The summed E-state index contributed by atoms with van der Waals surface area (Å²) in [6.45, 7) is 0.858. The summed E-state index contributed by atoms with van der Waals surface area (Å²) in [4.78, 5) is 44.3. The predicted molar refractivity (Wildman–Crippen MR) is 151 cm³/mol. The molecule has 0 spiro atoms. The lowest BCUT2D eigenvalue weighted by atomic mass is 9.98. The molecular formula is C31H34N4O4. The molecule has 4 rings (SSSR count). The number of likely N-dealkylation sites (N-methyl/N-ethyl adjacent to an activating group) is 1. The van der Waals surface area contributed by atoms with Gasteiger partial charge in [-0.2, -0.15) is 0 Å². The number of aromatic amines is 1. The molecular weight excluding hydrogens is 492 g/mol. The van der Waals surface area contributed by atoms with Crippen LogP contribution in [0, 0.1) is 0 Å². The summed E-state index contributed by atoms with van der Waals surface area (Å²) in [5.74, 6) is -1.24. The van der Waals surface area contributed by atoms with E-state index in [1.165, 1.54) is 0 Å². The molecule has 39 heavy (non-hydrogen) atoms. The lowest BCUT2D eigenvalue weighted by Gasteiger charge is -2.24. The van der Waals surface area contributed by atoms with Crippen LogP contribution < -0.4 is 10.6 Å². The molecule has 0 fully saturated rings. The Bertz CT molecular complexity index is 1310. The van der Waals surface area contributed by atoms with Crippen LogP contribution in [0.3, 0.4) is 0 Å². The second-order valence-corrected chi connectivity index (χ2v) is 9.62. The molecule has 202 valence electrons. The summed E-state index contributed by atoms with van der Waals surface area (Å²) >= 11 is 0. The van der Waals surface area contributed by atoms with Gasteiger partial charge in [-0.15, -0.1) is 0 Å². The van der Waals surface area contributed by atoms with Gasteiger partial charge in [0.2, 0.25) is 5.91 Å². The first-order chi connectivity index (χ1) is 18.9. The van der Waals surface area contributed by atoms with E-state index in [1.54, 1.807) is 6.07 Å². The van der Waals surface area contributed by atoms with Crippen molar-refractivity contribution in [2.45, 2.75) is 24.9 Å². The Morgan fingerprint density at radius 2 is 1.46 bits per heavy atom. The first-order valence-electron chi connectivity index (χ1n) is 13.0. The highest BCUT2D eigenvalue weighted by Gasteiger charge is 2.27. The van der Waals surface area contributed by atoms with Crippen LogP contribution in [0.2, 0.25) is 0 Å². The zero-order chi connectivity index (χ0) is 27.6. The fourth-order valence-corrected chi connectivity index (χ4v) is 4.27. The van der Waals surface area contributed by atoms with Gasteiger partial charge in [0, 0.05) is 23.9 Å². The number of nitrogens with zero attached hydrogens (tertiary/aromatic N) is 1. The molecule has 1 heterocycles. The molecule has 2 amide bonds. The molecule has 3 N–H and O–H groups in total. The van der Waals surface area contributed by atoms with E-state index in [0.717, 1.165) is 22.0 Å². The van der Waals surface area contributed by atoms with E-state index in [1.807, 2.05) is 104 Å². The standard InChI is InChI=1S/C31H34N4O4/c1-35(2)19-20-39-28(36)18-17-26(33-31(38)27-21-24-15-9-10-16-25(24)32-27)30(37)34-29(22-11-5-3-6-12-22)23-13-7-4-8-14-23/h3-16,21,26,29,32H,17-20H2,1-2H3,(H,33,38)(H,34,37)/t26-/m0/s1. The second-order valence-electron chi connectivity index (χ2n) is 9.62. The van der Waals surface area contributed by atoms with Crippen LogP contribution in [-0.2, 0) is 14.3 Å². The topological polar surface area (TPSA) is 104 Å². The van der Waals surface area contributed by atoms with Gasteiger partial charge in [-0.3, -0.25) is 14.4 Å². The van der Waals surface area contributed by atoms with Crippen LogP contribution in [0.15, 0.2) is 91.0 Å². The van der Waals surface area contributed by atoms with Gasteiger partial charge in [-0.1, -0.05) is 78.9 Å². The Balaban J connectivity index is 1.52. The van der Waals surface area contributed by atoms with Gasteiger partial charge in [0.25, 0.3) is 5.91 Å². The van der Waals surface area contributed by atoms with Gasteiger partial charge < -0.3 is 25.3 Å². The third kappa shape index (κ3) is 7.78. The van der Waals surface area contributed by atoms with Crippen molar-refractivity contribution in [3.05, 3.63) is 108 Å². The van der Waals surface area contributed by atoms with Crippen LogP contribution in [-0.4, -0.2) is 61.0 Å². The quantitative estimate of drug-likeness (QED) is 0.242. The Labute approximate surface area is 228 Å². The minimum Gasteiger partial charge on any atom is -0.464 e. The van der Waals surface area contributed by atoms with Gasteiger partial charge >= 0.3 is 5.97 Å². The highest BCUT2D eigenvalue weighted by Crippen LogP contribution is 2.22. The van der Waals surface area contributed by atoms with E-state index in [2.05, 4.69) is 15.6 Å². The molecule has 0 radical (unpaired) electrons.